The molecule has 49 heavy (non-hydrogen) atoms. The summed E-state index contributed by atoms with van der Waals surface area (Å²) in [7, 11) is 0. The Morgan fingerprint density at radius 2 is 1.10 bits per heavy atom. The molecule has 0 amide bonds. The van der Waals surface area contributed by atoms with Crippen molar-refractivity contribution in [1.82, 2.24) is 4.57 Å². The lowest BCUT2D eigenvalue weighted by Crippen LogP contribution is -2.10. The second-order valence-electron chi connectivity index (χ2n) is 12.6. The van der Waals surface area contributed by atoms with Crippen LogP contribution in [0, 0.1) is 0 Å². The fourth-order valence-corrected chi connectivity index (χ4v) is 7.54. The molecule has 0 saturated heterocycles. The summed E-state index contributed by atoms with van der Waals surface area (Å²) in [6.07, 6.45) is 0. The van der Waals surface area contributed by atoms with Gasteiger partial charge in [-0.3, -0.25) is 0 Å². The first-order valence-corrected chi connectivity index (χ1v) is 16.7. The van der Waals surface area contributed by atoms with Crippen LogP contribution in [0.15, 0.2) is 182 Å². The highest BCUT2D eigenvalue weighted by molar-refractivity contribution is 6.11. The van der Waals surface area contributed by atoms with Crippen molar-refractivity contribution in [1.29, 1.82) is 0 Å². The highest BCUT2D eigenvalue weighted by Crippen LogP contribution is 2.50. The van der Waals surface area contributed by atoms with E-state index in [2.05, 4.69) is 191 Å². The van der Waals surface area contributed by atoms with Gasteiger partial charge in [-0.25, -0.2) is 0 Å². The maximum absolute atomic E-state index is 6.57. The van der Waals surface area contributed by atoms with Crippen molar-refractivity contribution in [2.75, 3.05) is 4.90 Å². The summed E-state index contributed by atoms with van der Waals surface area (Å²) in [5.41, 5.74) is 11.5. The Morgan fingerprint density at radius 1 is 0.408 bits per heavy atom. The molecule has 3 heteroatoms. The van der Waals surface area contributed by atoms with Gasteiger partial charge in [-0.15, -0.1) is 0 Å². The number of aromatic nitrogens is 1. The molecule has 1 aliphatic rings. The molecule has 10 rings (SSSR count). The van der Waals surface area contributed by atoms with E-state index in [-0.39, 0.29) is 0 Å². The average molecular weight is 627 g/mol. The van der Waals surface area contributed by atoms with E-state index in [1.54, 1.807) is 0 Å². The quantitative estimate of drug-likeness (QED) is 0.189. The molecule has 0 saturated carbocycles. The first-order valence-electron chi connectivity index (χ1n) is 16.7. The zero-order valence-corrected chi connectivity index (χ0v) is 26.6. The van der Waals surface area contributed by atoms with Gasteiger partial charge in [-0.2, -0.15) is 0 Å². The molecule has 1 aliphatic heterocycles. The minimum absolute atomic E-state index is 0.864. The molecule has 3 nitrogen and oxygen atoms in total. The monoisotopic (exact) mass is 626 g/mol. The van der Waals surface area contributed by atoms with Crippen LogP contribution in [0.3, 0.4) is 0 Å². The van der Waals surface area contributed by atoms with Gasteiger partial charge in [0.25, 0.3) is 0 Å². The van der Waals surface area contributed by atoms with E-state index in [0.717, 1.165) is 50.6 Å². The van der Waals surface area contributed by atoms with E-state index in [1.165, 1.54) is 38.5 Å². The number of ether oxygens (including phenoxy) is 1. The normalized spacial score (nSPS) is 11.8. The number of hydrogen-bond donors (Lipinski definition) is 0. The van der Waals surface area contributed by atoms with E-state index in [9.17, 15) is 0 Å². The van der Waals surface area contributed by atoms with Crippen LogP contribution in [-0.2, 0) is 0 Å². The largest absolute Gasteiger partial charge is 0.456 e. The number of rotatable bonds is 5. The summed E-state index contributed by atoms with van der Waals surface area (Å²) in [6.45, 7) is 0. The zero-order chi connectivity index (χ0) is 32.3. The van der Waals surface area contributed by atoms with Crippen LogP contribution in [0.25, 0.3) is 60.5 Å². The maximum Gasteiger partial charge on any atom is 0.135 e. The summed E-state index contributed by atoms with van der Waals surface area (Å²) in [5, 5.41) is 4.80. The molecular weight excluding hydrogens is 597 g/mol. The number of nitrogens with zero attached hydrogens (tertiary/aromatic N) is 2. The summed E-state index contributed by atoms with van der Waals surface area (Å²) >= 11 is 0. The van der Waals surface area contributed by atoms with Crippen LogP contribution < -0.4 is 9.64 Å². The number of hydrogen-bond acceptors (Lipinski definition) is 2. The van der Waals surface area contributed by atoms with Crippen molar-refractivity contribution < 1.29 is 4.74 Å². The summed E-state index contributed by atoms with van der Waals surface area (Å²) < 4.78 is 8.94. The van der Waals surface area contributed by atoms with Crippen molar-refractivity contribution in [2.45, 2.75) is 0 Å². The Bertz CT molecular complexity index is 2640. The molecule has 9 aromatic rings. The van der Waals surface area contributed by atoms with Gasteiger partial charge in [0.1, 0.15) is 11.5 Å². The van der Waals surface area contributed by atoms with Gasteiger partial charge in [0, 0.05) is 44.5 Å². The highest BCUT2D eigenvalue weighted by Gasteiger charge is 2.24. The highest BCUT2D eigenvalue weighted by atomic mass is 16.5. The molecule has 0 spiro atoms. The van der Waals surface area contributed by atoms with Gasteiger partial charge in [0.15, 0.2) is 0 Å². The molecule has 0 bridgehead atoms. The molecular formula is C46H30N2O. The lowest BCUT2D eigenvalue weighted by atomic mass is 9.90. The average Bonchev–Trinajstić information content (AvgIpc) is 3.50. The molecule has 1 aromatic heterocycles. The Morgan fingerprint density at radius 3 is 1.88 bits per heavy atom. The van der Waals surface area contributed by atoms with E-state index >= 15 is 0 Å². The molecule has 8 aromatic carbocycles. The molecule has 230 valence electrons. The molecule has 0 N–H and O–H groups in total. The third-order valence-electron chi connectivity index (χ3n) is 9.72. The predicted molar refractivity (Wildman–Crippen MR) is 204 cm³/mol. The third kappa shape index (κ3) is 4.44. The number of fused-ring (bicyclic) bond motifs is 5. The Kier molecular flexibility index (Phi) is 6.18. The topological polar surface area (TPSA) is 17.4 Å². The van der Waals surface area contributed by atoms with Crippen LogP contribution in [0.5, 0.6) is 11.5 Å². The number of benzene rings is 8. The summed E-state index contributed by atoms with van der Waals surface area (Å²) in [4.78, 5) is 2.30. The first kappa shape index (κ1) is 27.5. The SMILES string of the molecule is c1ccc(N(c2ccccc2)c2ccc3c(c2)-c2cc(-c4ccc5c(c4)c4ccccc4n5-c4ccccc4)cc4cccc(c24)O3)cc1. The van der Waals surface area contributed by atoms with Crippen LogP contribution in [0.1, 0.15) is 0 Å². The second-order valence-corrected chi connectivity index (χ2v) is 12.6. The van der Waals surface area contributed by atoms with Gasteiger partial charge < -0.3 is 14.2 Å². The van der Waals surface area contributed by atoms with Crippen molar-refractivity contribution >= 4 is 49.6 Å². The Labute approximate surface area is 284 Å². The van der Waals surface area contributed by atoms with Crippen molar-refractivity contribution in [2.24, 2.45) is 0 Å². The maximum atomic E-state index is 6.57. The molecule has 0 aliphatic carbocycles. The van der Waals surface area contributed by atoms with Crippen molar-refractivity contribution in [3.63, 3.8) is 0 Å². The Balaban J connectivity index is 1.17. The van der Waals surface area contributed by atoms with E-state index < -0.39 is 0 Å². The fourth-order valence-electron chi connectivity index (χ4n) is 7.54. The van der Waals surface area contributed by atoms with Crippen LogP contribution >= 0.6 is 0 Å². The summed E-state index contributed by atoms with van der Waals surface area (Å²) in [5.74, 6) is 1.76. The zero-order valence-electron chi connectivity index (χ0n) is 26.6. The van der Waals surface area contributed by atoms with E-state index in [1.807, 2.05) is 0 Å². The van der Waals surface area contributed by atoms with Crippen molar-refractivity contribution in [3.05, 3.63) is 182 Å². The number of para-hydroxylation sites is 4. The van der Waals surface area contributed by atoms with Gasteiger partial charge in [0.2, 0.25) is 0 Å². The lowest BCUT2D eigenvalue weighted by Gasteiger charge is -2.28. The minimum atomic E-state index is 0.864. The van der Waals surface area contributed by atoms with Gasteiger partial charge in [-0.05, 0) is 113 Å². The minimum Gasteiger partial charge on any atom is -0.456 e. The molecule has 0 atom stereocenters. The summed E-state index contributed by atoms with van der Waals surface area (Å²) in [6, 6.07) is 64.9. The van der Waals surface area contributed by atoms with Crippen LogP contribution in [0.2, 0.25) is 0 Å². The fraction of sp³-hybridized carbons (Fsp3) is 0. The lowest BCUT2D eigenvalue weighted by molar-refractivity contribution is 0.487. The van der Waals surface area contributed by atoms with E-state index in [0.29, 0.717) is 0 Å². The van der Waals surface area contributed by atoms with Crippen molar-refractivity contribution in [3.8, 4) is 39.4 Å². The first-order chi connectivity index (χ1) is 24.3. The Hall–Kier alpha value is -6.58. The number of anilines is 3. The van der Waals surface area contributed by atoms with Crippen LogP contribution in [-0.4, -0.2) is 4.57 Å². The standard InChI is InChI=1S/C46H30N2O/c1-4-14-34(15-5-1)47(35-16-6-2-7-17-35)37-24-26-44-40(30-37)41-29-33(27-32-13-12-22-45(49-44)46(32)41)31-23-25-43-39(28-31)38-20-10-11-21-42(38)48(43)36-18-8-3-9-19-36/h1-30H. The molecule has 0 unspecified atom stereocenters. The predicted octanol–water partition coefficient (Wildman–Crippen LogP) is 12.8. The third-order valence-corrected chi connectivity index (χ3v) is 9.72. The van der Waals surface area contributed by atoms with Gasteiger partial charge in [-0.1, -0.05) is 91.0 Å². The second kappa shape index (κ2) is 11.0. The van der Waals surface area contributed by atoms with Gasteiger partial charge in [0.05, 0.1) is 11.0 Å². The van der Waals surface area contributed by atoms with Crippen LogP contribution in [0.4, 0.5) is 17.1 Å². The van der Waals surface area contributed by atoms with E-state index in [4.69, 9.17) is 4.74 Å². The smallest absolute Gasteiger partial charge is 0.135 e. The molecule has 0 radical (unpaired) electrons. The molecule has 0 fully saturated rings. The van der Waals surface area contributed by atoms with Gasteiger partial charge >= 0.3 is 0 Å². The molecule has 2 heterocycles.